The number of hydrogen-bond donors (Lipinski definition) is 1. The number of allylic oxidation sites excluding steroid dienone is 4. The van der Waals surface area contributed by atoms with Gasteiger partial charge in [0.15, 0.2) is 0 Å². The fourth-order valence-corrected chi connectivity index (χ4v) is 5.52. The minimum Gasteiger partial charge on any atom is -0.366 e. The number of urea groups is 1. The first kappa shape index (κ1) is 22.8. The molecule has 32 heavy (non-hydrogen) atoms. The molecule has 4 fully saturated rings. The lowest BCUT2D eigenvalue weighted by Crippen LogP contribution is -2.68. The summed E-state index contributed by atoms with van der Waals surface area (Å²) in [6, 6.07) is -0.134. The molecule has 0 aromatic rings. The molecule has 3 aliphatic heterocycles. The van der Waals surface area contributed by atoms with Crippen LogP contribution in [0.5, 0.6) is 0 Å². The van der Waals surface area contributed by atoms with Gasteiger partial charge in [-0.05, 0) is 51.3 Å². The van der Waals surface area contributed by atoms with Gasteiger partial charge in [-0.25, -0.2) is 4.79 Å². The number of likely N-dealkylation sites (tertiary alicyclic amines) is 2. The summed E-state index contributed by atoms with van der Waals surface area (Å²) in [7, 11) is 0. The van der Waals surface area contributed by atoms with E-state index >= 15 is 0 Å². The van der Waals surface area contributed by atoms with Crippen molar-refractivity contribution < 1.29 is 27.5 Å². The second kappa shape index (κ2) is 8.53. The van der Waals surface area contributed by atoms with Crippen molar-refractivity contribution in [2.75, 3.05) is 32.8 Å². The molecule has 0 bridgehead atoms. The monoisotopic (exact) mass is 454 g/mol. The number of carbonyl (C=O) groups is 2. The summed E-state index contributed by atoms with van der Waals surface area (Å²) in [5.41, 5.74) is 0.0390. The molecular formula is C22H29F3N4O3. The quantitative estimate of drug-likeness (QED) is 0.524. The van der Waals surface area contributed by atoms with E-state index in [1.165, 1.54) is 6.08 Å². The van der Waals surface area contributed by atoms with Crippen molar-refractivity contribution in [3.63, 3.8) is 0 Å². The minimum absolute atomic E-state index is 0.00941. The maximum atomic E-state index is 12.9. The molecule has 3 amide bonds. The van der Waals surface area contributed by atoms with Crippen LogP contribution in [0, 0.1) is 11.3 Å². The second-order valence-electron chi connectivity index (χ2n) is 9.60. The van der Waals surface area contributed by atoms with Crippen LogP contribution >= 0.6 is 0 Å². The Balaban J connectivity index is 1.21. The van der Waals surface area contributed by atoms with E-state index in [1.807, 2.05) is 11.8 Å². The Morgan fingerprint density at radius 3 is 2.69 bits per heavy atom. The number of ether oxygens (including phenoxy) is 1. The summed E-state index contributed by atoms with van der Waals surface area (Å²) in [4.78, 5) is 31.1. The second-order valence-corrected chi connectivity index (χ2v) is 9.60. The molecule has 1 saturated carbocycles. The van der Waals surface area contributed by atoms with E-state index in [4.69, 9.17) is 4.74 Å². The van der Waals surface area contributed by atoms with Crippen LogP contribution in [0.3, 0.4) is 0 Å². The van der Waals surface area contributed by atoms with Crippen molar-refractivity contribution in [3.05, 3.63) is 23.4 Å². The van der Waals surface area contributed by atoms with E-state index in [9.17, 15) is 22.8 Å². The van der Waals surface area contributed by atoms with Gasteiger partial charge < -0.3 is 19.9 Å². The van der Waals surface area contributed by atoms with Gasteiger partial charge in [0.1, 0.15) is 12.3 Å². The van der Waals surface area contributed by atoms with Crippen LogP contribution in [0.2, 0.25) is 0 Å². The molecule has 0 radical (unpaired) electrons. The normalized spacial score (nSPS) is 28.6. The molecule has 0 aromatic carbocycles. The Kier molecular flexibility index (Phi) is 6.08. The number of hydrogen-bond acceptors (Lipinski definition) is 4. The summed E-state index contributed by atoms with van der Waals surface area (Å²) in [5, 5.41) is 2.91. The number of halogens is 3. The third-order valence-electron chi connectivity index (χ3n) is 6.96. The lowest BCUT2D eigenvalue weighted by molar-refractivity contribution is -0.140. The zero-order valence-electron chi connectivity index (χ0n) is 18.2. The number of nitrogens with zero attached hydrogens (tertiary/aromatic N) is 3. The average molecular weight is 454 g/mol. The Labute approximate surface area is 185 Å². The summed E-state index contributed by atoms with van der Waals surface area (Å²) in [6.45, 7) is 7.43. The third kappa shape index (κ3) is 4.69. The van der Waals surface area contributed by atoms with Crippen molar-refractivity contribution in [1.82, 2.24) is 15.1 Å². The Morgan fingerprint density at radius 1 is 1.31 bits per heavy atom. The molecule has 2 atom stereocenters. The van der Waals surface area contributed by atoms with Crippen molar-refractivity contribution in [2.45, 2.75) is 50.9 Å². The molecule has 1 spiro atoms. The number of carbonyl (C=O) groups excluding carboxylic acids is 2. The maximum absolute atomic E-state index is 12.9. The van der Waals surface area contributed by atoms with Crippen LogP contribution in [-0.2, 0) is 9.53 Å². The molecule has 1 N–H and O–H groups in total. The standard InChI is InChI=1S/C22H29F3N4O3/c1-14(3-4-18(26-2)22(23,24)25)7-15-8-21(9-15)12-29(13-21)20(31)28-6-5-17-16(10-28)27-19(30)11-32-17/h3-4,15-17H,2,5-13H2,1H3,(H,27,30)/b14-3+,18-4-/t16-,17+/m1/s1. The molecule has 0 aromatic heterocycles. The molecule has 7 nitrogen and oxygen atoms in total. The van der Waals surface area contributed by atoms with Gasteiger partial charge >= 0.3 is 12.2 Å². The molecule has 3 heterocycles. The van der Waals surface area contributed by atoms with Gasteiger partial charge in [0.2, 0.25) is 5.91 Å². The Bertz CT molecular complexity index is 840. The molecule has 10 heteroatoms. The van der Waals surface area contributed by atoms with Crippen LogP contribution < -0.4 is 5.32 Å². The van der Waals surface area contributed by atoms with Gasteiger partial charge in [-0.15, -0.1) is 0 Å². The molecule has 1 aliphatic carbocycles. The molecular weight excluding hydrogens is 425 g/mol. The number of amides is 3. The number of morpholine rings is 1. The summed E-state index contributed by atoms with van der Waals surface area (Å²) < 4.78 is 43.7. The van der Waals surface area contributed by atoms with Crippen LogP contribution in [0.25, 0.3) is 0 Å². The van der Waals surface area contributed by atoms with E-state index in [1.54, 1.807) is 4.90 Å². The van der Waals surface area contributed by atoms with E-state index in [-0.39, 0.29) is 36.1 Å². The lowest BCUT2D eigenvalue weighted by Gasteiger charge is -2.60. The van der Waals surface area contributed by atoms with Crippen molar-refractivity contribution in [3.8, 4) is 0 Å². The molecule has 3 saturated heterocycles. The highest BCUT2D eigenvalue weighted by Crippen LogP contribution is 2.54. The lowest BCUT2D eigenvalue weighted by atomic mass is 9.56. The number of nitrogens with one attached hydrogen (secondary N) is 1. The van der Waals surface area contributed by atoms with Crippen molar-refractivity contribution in [1.29, 1.82) is 0 Å². The number of alkyl halides is 3. The average Bonchev–Trinajstić information content (AvgIpc) is 2.67. The van der Waals surface area contributed by atoms with E-state index in [0.717, 1.165) is 50.4 Å². The minimum atomic E-state index is -4.49. The highest BCUT2D eigenvalue weighted by molar-refractivity contribution is 5.79. The summed E-state index contributed by atoms with van der Waals surface area (Å²) in [5.74, 6) is 0.285. The molecule has 4 rings (SSSR count). The fraction of sp³-hybridized carbons (Fsp3) is 0.682. The summed E-state index contributed by atoms with van der Waals surface area (Å²) >= 11 is 0. The third-order valence-corrected chi connectivity index (χ3v) is 6.96. The largest absolute Gasteiger partial charge is 0.433 e. The zero-order valence-corrected chi connectivity index (χ0v) is 18.2. The van der Waals surface area contributed by atoms with Gasteiger partial charge in [0, 0.05) is 31.6 Å². The first-order chi connectivity index (χ1) is 15.1. The predicted molar refractivity (Wildman–Crippen MR) is 112 cm³/mol. The Hall–Kier alpha value is -2.36. The predicted octanol–water partition coefficient (Wildman–Crippen LogP) is 2.89. The zero-order chi connectivity index (χ0) is 23.1. The van der Waals surface area contributed by atoms with Crippen molar-refractivity contribution >= 4 is 18.7 Å². The van der Waals surface area contributed by atoms with E-state index in [2.05, 4.69) is 17.0 Å². The van der Waals surface area contributed by atoms with E-state index in [0.29, 0.717) is 19.0 Å². The SMILES string of the molecule is C=N/C(=C\C=C(/C)CC1CC2(C1)CN(C(=O)N1CC[C@@H]3OCC(=O)N[C@@H]3C1)C2)C(F)(F)F. The van der Waals surface area contributed by atoms with Gasteiger partial charge in [0.25, 0.3) is 0 Å². The smallest absolute Gasteiger partial charge is 0.366 e. The fourth-order valence-electron chi connectivity index (χ4n) is 5.52. The Morgan fingerprint density at radius 2 is 2.03 bits per heavy atom. The number of aliphatic imine (C=N–C) groups is 1. The first-order valence-corrected chi connectivity index (χ1v) is 10.9. The summed E-state index contributed by atoms with van der Waals surface area (Å²) in [6.07, 6.45) is 1.34. The van der Waals surface area contributed by atoms with Crippen LogP contribution in [0.4, 0.5) is 18.0 Å². The molecule has 176 valence electrons. The van der Waals surface area contributed by atoms with Crippen LogP contribution in [-0.4, -0.2) is 79.6 Å². The van der Waals surface area contributed by atoms with Crippen LogP contribution in [0.1, 0.15) is 32.6 Å². The van der Waals surface area contributed by atoms with Crippen molar-refractivity contribution in [2.24, 2.45) is 16.3 Å². The number of piperidine rings is 1. The highest BCUT2D eigenvalue weighted by atomic mass is 19.4. The molecule has 4 aliphatic rings. The van der Waals surface area contributed by atoms with Crippen LogP contribution in [0.15, 0.2) is 28.4 Å². The first-order valence-electron chi connectivity index (χ1n) is 10.9. The highest BCUT2D eigenvalue weighted by Gasteiger charge is 2.54. The number of fused-ring (bicyclic) bond motifs is 1. The van der Waals surface area contributed by atoms with Gasteiger partial charge in [-0.1, -0.05) is 11.6 Å². The van der Waals surface area contributed by atoms with Gasteiger partial charge in [-0.3, -0.25) is 9.79 Å². The maximum Gasteiger partial charge on any atom is 0.433 e. The number of rotatable bonds is 4. The van der Waals surface area contributed by atoms with Gasteiger partial charge in [-0.2, -0.15) is 13.2 Å². The van der Waals surface area contributed by atoms with E-state index < -0.39 is 11.9 Å². The van der Waals surface area contributed by atoms with Gasteiger partial charge in [0.05, 0.1) is 12.1 Å². The molecule has 0 unspecified atom stereocenters. The topological polar surface area (TPSA) is 74.2 Å².